The Hall–Kier alpha value is -1.06. The Morgan fingerprint density at radius 3 is 2.43 bits per heavy atom. The van der Waals surface area contributed by atoms with E-state index in [1.807, 2.05) is 0 Å². The number of nitrogens with one attached hydrogen (secondary N) is 1. The van der Waals surface area contributed by atoms with Crippen molar-refractivity contribution in [2.24, 2.45) is 5.92 Å². The lowest BCUT2D eigenvalue weighted by molar-refractivity contribution is -0.145. The van der Waals surface area contributed by atoms with Gasteiger partial charge in [0, 0.05) is 5.92 Å². The number of ether oxygens (including phenoxy) is 1. The third kappa shape index (κ3) is 2.72. The number of carbonyl (C=O) groups excluding carboxylic acids is 2. The number of rotatable bonds is 3. The van der Waals surface area contributed by atoms with E-state index >= 15 is 0 Å². The van der Waals surface area contributed by atoms with Gasteiger partial charge in [-0.3, -0.25) is 4.79 Å². The van der Waals surface area contributed by atoms with Crippen LogP contribution in [0.5, 0.6) is 0 Å². The van der Waals surface area contributed by atoms with Crippen molar-refractivity contribution in [3.05, 3.63) is 0 Å². The van der Waals surface area contributed by atoms with E-state index in [1.165, 1.54) is 7.11 Å². The molecule has 0 spiro atoms. The number of hydrogen-bond donors (Lipinski definition) is 1. The molecule has 0 aromatic rings. The third-order valence-corrected chi connectivity index (χ3v) is 2.64. The first-order chi connectivity index (χ1) is 6.65. The third-order valence-electron chi connectivity index (χ3n) is 2.64. The minimum atomic E-state index is -0.534. The summed E-state index contributed by atoms with van der Waals surface area (Å²) < 4.78 is 4.52. The second kappa shape index (κ2) is 4.98. The van der Waals surface area contributed by atoms with Gasteiger partial charge >= 0.3 is 5.97 Å². The van der Waals surface area contributed by atoms with Crippen molar-refractivity contribution in [3.63, 3.8) is 0 Å². The van der Waals surface area contributed by atoms with Gasteiger partial charge in [-0.25, -0.2) is 4.79 Å². The number of amides is 1. The van der Waals surface area contributed by atoms with Crippen LogP contribution in [-0.2, 0) is 14.3 Å². The zero-order valence-electron chi connectivity index (χ0n) is 8.71. The highest BCUT2D eigenvalue weighted by Crippen LogP contribution is 2.24. The SMILES string of the molecule is COC(=O)C(C)NC(=O)C1CCCC1. The average Bonchev–Trinajstić information content (AvgIpc) is 2.69. The molecule has 1 amide bonds. The van der Waals surface area contributed by atoms with Gasteiger partial charge in [-0.1, -0.05) is 12.8 Å². The van der Waals surface area contributed by atoms with Crippen LogP contribution in [0.25, 0.3) is 0 Å². The molecule has 1 atom stereocenters. The molecule has 0 aromatic heterocycles. The van der Waals surface area contributed by atoms with Gasteiger partial charge in [-0.15, -0.1) is 0 Å². The van der Waals surface area contributed by atoms with Crippen molar-refractivity contribution in [1.82, 2.24) is 5.32 Å². The highest BCUT2D eigenvalue weighted by molar-refractivity contribution is 5.85. The number of methoxy groups -OCH3 is 1. The molecule has 14 heavy (non-hydrogen) atoms. The molecule has 0 heterocycles. The summed E-state index contributed by atoms with van der Waals surface area (Å²) >= 11 is 0. The summed E-state index contributed by atoms with van der Waals surface area (Å²) in [6.07, 6.45) is 4.12. The van der Waals surface area contributed by atoms with Gasteiger partial charge in [0.1, 0.15) is 6.04 Å². The van der Waals surface area contributed by atoms with Gasteiger partial charge in [0.05, 0.1) is 7.11 Å². The van der Waals surface area contributed by atoms with Gasteiger partial charge in [-0.2, -0.15) is 0 Å². The largest absolute Gasteiger partial charge is 0.467 e. The Bertz CT molecular complexity index is 221. The highest BCUT2D eigenvalue weighted by Gasteiger charge is 2.25. The monoisotopic (exact) mass is 199 g/mol. The van der Waals surface area contributed by atoms with Crippen LogP contribution in [0, 0.1) is 5.92 Å². The van der Waals surface area contributed by atoms with E-state index in [2.05, 4.69) is 10.1 Å². The first kappa shape index (κ1) is 11.0. The minimum Gasteiger partial charge on any atom is -0.467 e. The summed E-state index contributed by atoms with van der Waals surface area (Å²) in [5, 5.41) is 2.66. The Balaban J connectivity index is 2.35. The second-order valence-electron chi connectivity index (χ2n) is 3.73. The van der Waals surface area contributed by atoms with E-state index in [1.54, 1.807) is 6.92 Å². The van der Waals surface area contributed by atoms with Crippen molar-refractivity contribution < 1.29 is 14.3 Å². The molecule has 0 radical (unpaired) electrons. The Kier molecular flexibility index (Phi) is 3.92. The Morgan fingerprint density at radius 1 is 1.36 bits per heavy atom. The van der Waals surface area contributed by atoms with Gasteiger partial charge in [0.15, 0.2) is 0 Å². The molecule has 0 aromatic carbocycles. The first-order valence-corrected chi connectivity index (χ1v) is 5.03. The first-order valence-electron chi connectivity index (χ1n) is 5.03. The van der Waals surface area contributed by atoms with E-state index in [0.717, 1.165) is 25.7 Å². The number of carbonyl (C=O) groups is 2. The molecule has 1 aliphatic rings. The summed E-state index contributed by atoms with van der Waals surface area (Å²) in [6, 6.07) is -0.534. The molecular formula is C10H17NO3. The fourth-order valence-electron chi connectivity index (χ4n) is 1.75. The predicted octanol–water partition coefficient (Wildman–Crippen LogP) is 0.854. The van der Waals surface area contributed by atoms with Crippen molar-refractivity contribution in [3.8, 4) is 0 Å². The molecule has 1 saturated carbocycles. The maximum Gasteiger partial charge on any atom is 0.328 e. The lowest BCUT2D eigenvalue weighted by Crippen LogP contribution is -2.41. The zero-order chi connectivity index (χ0) is 10.6. The van der Waals surface area contributed by atoms with Crippen LogP contribution in [-0.4, -0.2) is 25.0 Å². The van der Waals surface area contributed by atoms with Crippen molar-refractivity contribution in [2.45, 2.75) is 38.6 Å². The molecule has 0 aliphatic heterocycles. The zero-order valence-corrected chi connectivity index (χ0v) is 8.71. The van der Waals surface area contributed by atoms with Crippen LogP contribution in [0.1, 0.15) is 32.6 Å². The van der Waals surface area contributed by atoms with E-state index < -0.39 is 12.0 Å². The van der Waals surface area contributed by atoms with Crippen LogP contribution in [0.2, 0.25) is 0 Å². The molecule has 0 bridgehead atoms. The number of hydrogen-bond acceptors (Lipinski definition) is 3. The molecule has 4 heteroatoms. The van der Waals surface area contributed by atoms with Gasteiger partial charge in [0.25, 0.3) is 0 Å². The van der Waals surface area contributed by atoms with E-state index in [-0.39, 0.29) is 11.8 Å². The molecular weight excluding hydrogens is 182 g/mol. The fraction of sp³-hybridized carbons (Fsp3) is 0.800. The maximum atomic E-state index is 11.6. The van der Waals surface area contributed by atoms with Gasteiger partial charge in [0.2, 0.25) is 5.91 Å². The Labute approximate surface area is 84.0 Å². The summed E-state index contributed by atoms with van der Waals surface area (Å²) in [5.41, 5.74) is 0. The van der Waals surface area contributed by atoms with Crippen molar-refractivity contribution in [1.29, 1.82) is 0 Å². The molecule has 80 valence electrons. The van der Waals surface area contributed by atoms with Crippen LogP contribution in [0.15, 0.2) is 0 Å². The van der Waals surface area contributed by atoms with E-state index in [9.17, 15) is 9.59 Å². The molecule has 1 unspecified atom stereocenters. The maximum absolute atomic E-state index is 11.6. The quantitative estimate of drug-likeness (QED) is 0.686. The van der Waals surface area contributed by atoms with Crippen LogP contribution >= 0.6 is 0 Å². The molecule has 1 N–H and O–H groups in total. The lowest BCUT2D eigenvalue weighted by Gasteiger charge is -2.14. The fourth-order valence-corrected chi connectivity index (χ4v) is 1.75. The summed E-state index contributed by atoms with van der Waals surface area (Å²) in [5.74, 6) is -0.307. The molecule has 1 aliphatic carbocycles. The van der Waals surface area contributed by atoms with E-state index in [0.29, 0.717) is 0 Å². The summed E-state index contributed by atoms with van der Waals surface area (Å²) in [4.78, 5) is 22.6. The van der Waals surface area contributed by atoms with Crippen LogP contribution < -0.4 is 5.32 Å². The van der Waals surface area contributed by atoms with Crippen molar-refractivity contribution in [2.75, 3.05) is 7.11 Å². The summed E-state index contributed by atoms with van der Waals surface area (Å²) in [6.45, 7) is 1.64. The number of esters is 1. The molecule has 4 nitrogen and oxygen atoms in total. The van der Waals surface area contributed by atoms with E-state index in [4.69, 9.17) is 0 Å². The standard InChI is InChI=1S/C10H17NO3/c1-7(10(13)14-2)11-9(12)8-5-3-4-6-8/h7-8H,3-6H2,1-2H3,(H,11,12). The van der Waals surface area contributed by atoms with Gasteiger partial charge in [-0.05, 0) is 19.8 Å². The normalized spacial score (nSPS) is 19.0. The summed E-state index contributed by atoms with van der Waals surface area (Å²) in [7, 11) is 1.32. The highest BCUT2D eigenvalue weighted by atomic mass is 16.5. The molecule has 1 fully saturated rings. The lowest BCUT2D eigenvalue weighted by atomic mass is 10.1. The molecule has 1 rings (SSSR count). The smallest absolute Gasteiger partial charge is 0.328 e. The van der Waals surface area contributed by atoms with Gasteiger partial charge < -0.3 is 10.1 Å². The van der Waals surface area contributed by atoms with Crippen LogP contribution in [0.4, 0.5) is 0 Å². The molecule has 0 saturated heterocycles. The van der Waals surface area contributed by atoms with Crippen LogP contribution in [0.3, 0.4) is 0 Å². The average molecular weight is 199 g/mol. The topological polar surface area (TPSA) is 55.4 Å². The Morgan fingerprint density at radius 2 is 1.93 bits per heavy atom. The van der Waals surface area contributed by atoms with Crippen molar-refractivity contribution >= 4 is 11.9 Å². The second-order valence-corrected chi connectivity index (χ2v) is 3.73. The minimum absolute atomic E-state index is 0.0135. The predicted molar refractivity (Wildman–Crippen MR) is 51.6 cm³/mol.